The second kappa shape index (κ2) is 10.2. The van der Waals surface area contributed by atoms with Crippen molar-refractivity contribution < 1.29 is 8.42 Å². The molecule has 2 N–H and O–H groups in total. The summed E-state index contributed by atoms with van der Waals surface area (Å²) in [5.74, 6) is 0.712. The van der Waals surface area contributed by atoms with Gasteiger partial charge in [-0.05, 0) is 39.8 Å². The molecule has 8 heteroatoms. The Labute approximate surface area is 157 Å². The molecule has 0 aliphatic heterocycles. The zero-order valence-corrected chi connectivity index (χ0v) is 17.5. The maximum Gasteiger partial charge on any atom is 0.191 e. The third kappa shape index (κ3) is 8.05. The number of hydrogen-bond donors (Lipinski definition) is 2. The number of guanidine groups is 1. The standard InChI is InChI=1S/C15H28N4O2S.HI/c1-5-16-14(17-8-12-19-10-6-7-11-19)18-9-13-22(20,21)15(2,3)4;/h6-7,10-11H,5,8-9,12-13H2,1-4H3,(H2,16,17,18);1H. The van der Waals surface area contributed by atoms with Crippen molar-refractivity contribution in [2.75, 3.05) is 25.4 Å². The molecule has 0 unspecified atom stereocenters. The zero-order valence-electron chi connectivity index (χ0n) is 14.4. The molecule has 0 saturated heterocycles. The Kier molecular flexibility index (Phi) is 9.83. The lowest BCUT2D eigenvalue weighted by atomic mass is 10.3. The number of sulfone groups is 1. The highest BCUT2D eigenvalue weighted by atomic mass is 127. The SMILES string of the molecule is CCNC(=NCCS(=O)(=O)C(C)(C)C)NCCn1cccc1.I. The second-order valence-corrected chi connectivity index (χ2v) is 8.90. The van der Waals surface area contributed by atoms with Crippen LogP contribution in [-0.2, 0) is 16.4 Å². The van der Waals surface area contributed by atoms with Gasteiger partial charge >= 0.3 is 0 Å². The lowest BCUT2D eigenvalue weighted by molar-refractivity contribution is 0.560. The van der Waals surface area contributed by atoms with Crippen molar-refractivity contribution in [3.8, 4) is 0 Å². The fraction of sp³-hybridized carbons (Fsp3) is 0.667. The summed E-state index contributed by atoms with van der Waals surface area (Å²) >= 11 is 0. The summed E-state index contributed by atoms with van der Waals surface area (Å²) in [5.41, 5.74) is 0. The quantitative estimate of drug-likeness (QED) is 0.373. The van der Waals surface area contributed by atoms with Gasteiger partial charge in [0.15, 0.2) is 15.8 Å². The van der Waals surface area contributed by atoms with Gasteiger partial charge in [0, 0.05) is 32.0 Å². The van der Waals surface area contributed by atoms with Gasteiger partial charge in [-0.1, -0.05) is 0 Å². The Morgan fingerprint density at radius 2 is 1.78 bits per heavy atom. The Morgan fingerprint density at radius 3 is 2.30 bits per heavy atom. The number of aliphatic imine (C=N–C) groups is 1. The van der Waals surface area contributed by atoms with Gasteiger partial charge in [0.05, 0.1) is 17.0 Å². The molecule has 0 spiro atoms. The predicted octanol–water partition coefficient (Wildman–Crippen LogP) is 1.87. The van der Waals surface area contributed by atoms with Crippen LogP contribution < -0.4 is 10.6 Å². The summed E-state index contributed by atoms with van der Waals surface area (Å²) in [7, 11) is -3.13. The average Bonchev–Trinajstić information content (AvgIpc) is 2.90. The second-order valence-electron chi connectivity index (χ2n) is 6.04. The van der Waals surface area contributed by atoms with Gasteiger partial charge in [0.2, 0.25) is 0 Å². The minimum Gasteiger partial charge on any atom is -0.357 e. The number of nitrogens with zero attached hydrogens (tertiary/aromatic N) is 2. The van der Waals surface area contributed by atoms with E-state index in [0.717, 1.165) is 19.6 Å². The fourth-order valence-electron chi connectivity index (χ4n) is 1.75. The molecule has 1 aromatic rings. The zero-order chi connectivity index (χ0) is 16.6. The molecule has 1 heterocycles. The monoisotopic (exact) mass is 456 g/mol. The van der Waals surface area contributed by atoms with Gasteiger partial charge in [0.1, 0.15) is 0 Å². The number of rotatable bonds is 7. The van der Waals surface area contributed by atoms with E-state index in [2.05, 4.69) is 20.2 Å². The van der Waals surface area contributed by atoms with Crippen LogP contribution >= 0.6 is 24.0 Å². The highest BCUT2D eigenvalue weighted by Gasteiger charge is 2.28. The molecule has 0 atom stereocenters. The van der Waals surface area contributed by atoms with Crippen molar-refractivity contribution in [2.45, 2.75) is 39.0 Å². The smallest absolute Gasteiger partial charge is 0.191 e. The van der Waals surface area contributed by atoms with Gasteiger partial charge < -0.3 is 15.2 Å². The third-order valence-electron chi connectivity index (χ3n) is 3.24. The first kappa shape index (κ1) is 22.2. The van der Waals surface area contributed by atoms with E-state index in [0.29, 0.717) is 5.96 Å². The van der Waals surface area contributed by atoms with Gasteiger partial charge in [-0.15, -0.1) is 24.0 Å². The van der Waals surface area contributed by atoms with Crippen LogP contribution in [0.1, 0.15) is 27.7 Å². The van der Waals surface area contributed by atoms with Crippen molar-refractivity contribution in [1.82, 2.24) is 15.2 Å². The van der Waals surface area contributed by atoms with E-state index in [4.69, 9.17) is 0 Å². The first-order valence-corrected chi connectivity index (χ1v) is 9.27. The molecule has 0 aliphatic carbocycles. The number of hydrogen-bond acceptors (Lipinski definition) is 3. The minimum absolute atomic E-state index is 0. The molecule has 0 bridgehead atoms. The van der Waals surface area contributed by atoms with Crippen molar-refractivity contribution in [3.05, 3.63) is 24.5 Å². The van der Waals surface area contributed by atoms with Gasteiger partial charge in [-0.3, -0.25) is 4.99 Å². The normalized spacial score (nSPS) is 12.6. The van der Waals surface area contributed by atoms with E-state index in [1.54, 1.807) is 20.8 Å². The highest BCUT2D eigenvalue weighted by molar-refractivity contribution is 14.0. The largest absolute Gasteiger partial charge is 0.357 e. The van der Waals surface area contributed by atoms with Crippen LogP contribution in [0.25, 0.3) is 0 Å². The van der Waals surface area contributed by atoms with E-state index in [1.165, 1.54) is 0 Å². The van der Waals surface area contributed by atoms with Crippen LogP contribution in [0, 0.1) is 0 Å². The molecule has 0 saturated carbocycles. The maximum absolute atomic E-state index is 12.0. The summed E-state index contributed by atoms with van der Waals surface area (Å²) in [4.78, 5) is 4.34. The number of halogens is 1. The van der Waals surface area contributed by atoms with Crippen LogP contribution in [0.3, 0.4) is 0 Å². The van der Waals surface area contributed by atoms with Gasteiger partial charge in [-0.25, -0.2) is 8.42 Å². The molecule has 134 valence electrons. The lowest BCUT2D eigenvalue weighted by Crippen LogP contribution is -2.39. The summed E-state index contributed by atoms with van der Waals surface area (Å²) in [5, 5.41) is 6.33. The molecule has 0 aromatic carbocycles. The van der Waals surface area contributed by atoms with Crippen molar-refractivity contribution in [3.63, 3.8) is 0 Å². The van der Waals surface area contributed by atoms with Gasteiger partial charge in [-0.2, -0.15) is 0 Å². The first-order valence-electron chi connectivity index (χ1n) is 7.61. The Bertz CT molecular complexity index is 563. The summed E-state index contributed by atoms with van der Waals surface area (Å²) in [6.07, 6.45) is 4.00. The van der Waals surface area contributed by atoms with Crippen LogP contribution in [0.15, 0.2) is 29.5 Å². The van der Waals surface area contributed by atoms with E-state index < -0.39 is 14.6 Å². The van der Waals surface area contributed by atoms with Crippen LogP contribution in [0.2, 0.25) is 0 Å². The average molecular weight is 456 g/mol. The molecule has 1 rings (SSSR count). The molecule has 0 fully saturated rings. The molecule has 0 amide bonds. The molecule has 0 aliphatic rings. The topological polar surface area (TPSA) is 75.5 Å². The first-order chi connectivity index (χ1) is 10.3. The number of aromatic nitrogens is 1. The molecular formula is C15H29IN4O2S. The summed E-state index contributed by atoms with van der Waals surface area (Å²) in [6, 6.07) is 3.97. The summed E-state index contributed by atoms with van der Waals surface area (Å²) < 4.78 is 25.4. The minimum atomic E-state index is -3.13. The number of nitrogens with one attached hydrogen (secondary N) is 2. The van der Waals surface area contributed by atoms with Crippen molar-refractivity contribution in [1.29, 1.82) is 0 Å². The Morgan fingerprint density at radius 1 is 1.17 bits per heavy atom. The fourth-order valence-corrected chi connectivity index (χ4v) is 2.69. The van der Waals surface area contributed by atoms with Crippen molar-refractivity contribution in [2.24, 2.45) is 4.99 Å². The third-order valence-corrected chi connectivity index (χ3v) is 5.82. The summed E-state index contributed by atoms with van der Waals surface area (Å²) in [6.45, 7) is 9.69. The van der Waals surface area contributed by atoms with Crippen LogP contribution in [0.5, 0.6) is 0 Å². The predicted molar refractivity (Wildman–Crippen MR) is 107 cm³/mol. The van der Waals surface area contributed by atoms with Crippen molar-refractivity contribution >= 4 is 39.8 Å². The Balaban J connectivity index is 0.00000484. The molecule has 6 nitrogen and oxygen atoms in total. The van der Waals surface area contributed by atoms with Crippen LogP contribution in [-0.4, -0.2) is 49.1 Å². The molecule has 23 heavy (non-hydrogen) atoms. The Hall–Kier alpha value is -0.770. The van der Waals surface area contributed by atoms with Gasteiger partial charge in [0.25, 0.3) is 0 Å². The van der Waals surface area contributed by atoms with E-state index in [9.17, 15) is 8.42 Å². The van der Waals surface area contributed by atoms with E-state index in [1.807, 2.05) is 31.5 Å². The highest BCUT2D eigenvalue weighted by Crippen LogP contribution is 2.15. The molecule has 1 aromatic heterocycles. The van der Waals surface area contributed by atoms with Crippen LogP contribution in [0.4, 0.5) is 0 Å². The maximum atomic E-state index is 12.0. The lowest BCUT2D eigenvalue weighted by Gasteiger charge is -2.18. The van der Waals surface area contributed by atoms with E-state index in [-0.39, 0.29) is 36.3 Å². The van der Waals surface area contributed by atoms with E-state index >= 15 is 0 Å². The molecule has 0 radical (unpaired) electrons. The molecular weight excluding hydrogens is 427 g/mol.